The Bertz CT molecular complexity index is 527. The molecule has 90 valence electrons. The van der Waals surface area contributed by atoms with Crippen molar-refractivity contribution in [1.29, 1.82) is 0 Å². The van der Waals surface area contributed by atoms with Gasteiger partial charge in [-0.05, 0) is 39.7 Å². The maximum atomic E-state index is 10.1. The first-order valence-corrected chi connectivity index (χ1v) is 7.76. The summed E-state index contributed by atoms with van der Waals surface area (Å²) in [6, 6.07) is 7.54. The highest BCUT2D eigenvalue weighted by atomic mass is 79.9. The molecule has 0 saturated heterocycles. The molecule has 5 heteroatoms. The third kappa shape index (κ3) is 3.55. The first-order valence-electron chi connectivity index (χ1n) is 4.92. The summed E-state index contributed by atoms with van der Waals surface area (Å²) in [5.41, 5.74) is 0.763. The van der Waals surface area contributed by atoms with Crippen LogP contribution in [0.4, 0.5) is 0 Å². The third-order valence-electron chi connectivity index (χ3n) is 2.34. The molecule has 0 aliphatic heterocycles. The smallest absolute Gasteiger partial charge is 0.0852 e. The van der Waals surface area contributed by atoms with Crippen molar-refractivity contribution in [3.05, 3.63) is 54.1 Å². The lowest BCUT2D eigenvalue weighted by atomic mass is 10.1. The second-order valence-corrected chi connectivity index (χ2v) is 6.85. The first-order chi connectivity index (χ1) is 8.06. The zero-order chi connectivity index (χ0) is 12.4. The second-order valence-electron chi connectivity index (χ2n) is 3.62. The summed E-state index contributed by atoms with van der Waals surface area (Å²) in [5.74, 6) is 0. The molecule has 0 aliphatic rings. The van der Waals surface area contributed by atoms with Gasteiger partial charge < -0.3 is 5.11 Å². The number of hydrogen-bond acceptors (Lipinski definition) is 2. The molecule has 1 N–H and O–H groups in total. The van der Waals surface area contributed by atoms with Gasteiger partial charge in [-0.3, -0.25) is 0 Å². The predicted molar refractivity (Wildman–Crippen MR) is 79.8 cm³/mol. The van der Waals surface area contributed by atoms with Crippen LogP contribution in [0.2, 0.25) is 5.02 Å². The fourth-order valence-electron chi connectivity index (χ4n) is 1.53. The Balaban J connectivity index is 2.17. The minimum absolute atomic E-state index is 0.568. The fourth-order valence-corrected chi connectivity index (χ4v) is 3.82. The highest BCUT2D eigenvalue weighted by Crippen LogP contribution is 2.30. The summed E-state index contributed by atoms with van der Waals surface area (Å²) >= 11 is 14.5. The van der Waals surface area contributed by atoms with Crippen LogP contribution in [0, 0.1) is 0 Å². The maximum Gasteiger partial charge on any atom is 0.0852 e. The zero-order valence-corrected chi connectivity index (χ0v) is 13.4. The molecular formula is C12H9Br2ClOS. The van der Waals surface area contributed by atoms with Crippen LogP contribution in [0.3, 0.4) is 0 Å². The molecule has 2 aromatic rings. The van der Waals surface area contributed by atoms with Gasteiger partial charge in [0.05, 0.1) is 6.10 Å². The monoisotopic (exact) mass is 394 g/mol. The van der Waals surface area contributed by atoms with Gasteiger partial charge in [0, 0.05) is 30.6 Å². The lowest BCUT2D eigenvalue weighted by Crippen LogP contribution is -2.01. The van der Waals surface area contributed by atoms with Crippen LogP contribution < -0.4 is 0 Å². The number of benzene rings is 1. The molecule has 0 aliphatic carbocycles. The summed E-state index contributed by atoms with van der Waals surface area (Å²) in [6.07, 6.45) is 0.0126. The molecule has 1 unspecified atom stereocenters. The Morgan fingerprint density at radius 3 is 2.59 bits per heavy atom. The quantitative estimate of drug-likeness (QED) is 0.756. The van der Waals surface area contributed by atoms with Crippen molar-refractivity contribution in [3.8, 4) is 0 Å². The van der Waals surface area contributed by atoms with Gasteiger partial charge in [0.25, 0.3) is 0 Å². The van der Waals surface area contributed by atoms with E-state index in [2.05, 4.69) is 31.9 Å². The number of rotatable bonds is 3. The Morgan fingerprint density at radius 2 is 2.00 bits per heavy atom. The molecule has 1 atom stereocenters. The van der Waals surface area contributed by atoms with Crippen molar-refractivity contribution in [3.63, 3.8) is 0 Å². The molecule has 0 bridgehead atoms. The number of hydrogen-bond donors (Lipinski definition) is 1. The van der Waals surface area contributed by atoms with Gasteiger partial charge in [0.15, 0.2) is 0 Å². The van der Waals surface area contributed by atoms with Crippen molar-refractivity contribution < 1.29 is 5.11 Å². The van der Waals surface area contributed by atoms with Gasteiger partial charge in [-0.1, -0.05) is 33.6 Å². The number of aliphatic hydroxyl groups excluding tert-OH is 1. The topological polar surface area (TPSA) is 20.2 Å². The van der Waals surface area contributed by atoms with E-state index in [-0.39, 0.29) is 0 Å². The molecule has 2 rings (SSSR count). The number of halogens is 3. The van der Waals surface area contributed by atoms with Crippen molar-refractivity contribution in [1.82, 2.24) is 0 Å². The molecule has 0 fully saturated rings. The van der Waals surface area contributed by atoms with E-state index in [1.54, 1.807) is 17.4 Å². The summed E-state index contributed by atoms with van der Waals surface area (Å²) < 4.78 is 1.96. The number of thiophene rings is 1. The molecule has 1 aromatic carbocycles. The van der Waals surface area contributed by atoms with Crippen molar-refractivity contribution >= 4 is 54.8 Å². The van der Waals surface area contributed by atoms with Crippen LogP contribution in [0.25, 0.3) is 0 Å². The molecule has 17 heavy (non-hydrogen) atoms. The predicted octanol–water partition coefficient (Wildman–Crippen LogP) is 5.20. The fraction of sp³-hybridized carbons (Fsp3) is 0.167. The minimum Gasteiger partial charge on any atom is -0.388 e. The van der Waals surface area contributed by atoms with Gasteiger partial charge in [-0.15, -0.1) is 11.3 Å². The minimum atomic E-state index is -0.568. The molecule has 0 saturated carbocycles. The summed E-state index contributed by atoms with van der Waals surface area (Å²) in [5, 5.41) is 12.7. The van der Waals surface area contributed by atoms with E-state index in [4.69, 9.17) is 11.6 Å². The molecule has 1 nitrogen and oxygen atoms in total. The van der Waals surface area contributed by atoms with Crippen LogP contribution in [0.5, 0.6) is 0 Å². The standard InChI is InChI=1S/C12H9Br2ClOS/c13-7-1-2-10(11(15)4-7)12(16)5-9-3-8(14)6-17-9/h1-4,6,12,16H,5H2. The van der Waals surface area contributed by atoms with E-state index in [1.165, 1.54) is 0 Å². The SMILES string of the molecule is OC(Cc1cc(Br)cs1)c1ccc(Br)cc1Cl. The summed E-state index contributed by atoms with van der Waals surface area (Å²) in [6.45, 7) is 0. The third-order valence-corrected chi connectivity index (χ3v) is 4.88. The van der Waals surface area contributed by atoms with E-state index in [0.717, 1.165) is 19.4 Å². The van der Waals surface area contributed by atoms with E-state index in [9.17, 15) is 5.11 Å². The first kappa shape index (κ1) is 13.6. The van der Waals surface area contributed by atoms with E-state index in [1.807, 2.05) is 23.6 Å². The summed E-state index contributed by atoms with van der Waals surface area (Å²) in [7, 11) is 0. The van der Waals surface area contributed by atoms with Crippen LogP contribution >= 0.6 is 54.8 Å². The van der Waals surface area contributed by atoms with Gasteiger partial charge in [-0.25, -0.2) is 0 Å². The normalized spacial score (nSPS) is 12.7. The van der Waals surface area contributed by atoms with Gasteiger partial charge >= 0.3 is 0 Å². The molecule has 0 radical (unpaired) electrons. The zero-order valence-electron chi connectivity index (χ0n) is 8.66. The second kappa shape index (κ2) is 5.85. The molecule has 0 amide bonds. The van der Waals surface area contributed by atoms with E-state index >= 15 is 0 Å². The van der Waals surface area contributed by atoms with Crippen LogP contribution in [0.1, 0.15) is 16.5 Å². The highest BCUT2D eigenvalue weighted by Gasteiger charge is 2.13. The van der Waals surface area contributed by atoms with Crippen LogP contribution in [-0.2, 0) is 6.42 Å². The molecule has 0 spiro atoms. The average Bonchev–Trinajstić information content (AvgIpc) is 2.63. The lowest BCUT2D eigenvalue weighted by Gasteiger charge is -2.11. The largest absolute Gasteiger partial charge is 0.388 e. The van der Waals surface area contributed by atoms with E-state index in [0.29, 0.717) is 11.4 Å². The van der Waals surface area contributed by atoms with Crippen molar-refractivity contribution in [2.75, 3.05) is 0 Å². The lowest BCUT2D eigenvalue weighted by molar-refractivity contribution is 0.179. The van der Waals surface area contributed by atoms with Crippen LogP contribution in [-0.4, -0.2) is 5.11 Å². The average molecular weight is 397 g/mol. The summed E-state index contributed by atoms with van der Waals surface area (Å²) in [4.78, 5) is 1.13. The highest BCUT2D eigenvalue weighted by molar-refractivity contribution is 9.10. The van der Waals surface area contributed by atoms with E-state index < -0.39 is 6.10 Å². The van der Waals surface area contributed by atoms with Crippen molar-refractivity contribution in [2.24, 2.45) is 0 Å². The molecular weight excluding hydrogens is 387 g/mol. The number of aliphatic hydroxyl groups is 1. The molecule has 1 aromatic heterocycles. The Hall–Kier alpha value is 0.130. The van der Waals surface area contributed by atoms with Gasteiger partial charge in [-0.2, -0.15) is 0 Å². The Kier molecular flexibility index (Phi) is 4.66. The van der Waals surface area contributed by atoms with Crippen molar-refractivity contribution in [2.45, 2.75) is 12.5 Å². The Morgan fingerprint density at radius 1 is 1.24 bits per heavy atom. The molecule has 1 heterocycles. The van der Waals surface area contributed by atoms with Gasteiger partial charge in [0.1, 0.15) is 0 Å². The maximum absolute atomic E-state index is 10.1. The Labute approximate surface area is 126 Å². The van der Waals surface area contributed by atoms with Crippen LogP contribution in [0.15, 0.2) is 38.6 Å². The van der Waals surface area contributed by atoms with Gasteiger partial charge in [0.2, 0.25) is 0 Å².